The van der Waals surface area contributed by atoms with Crippen LogP contribution in [0.15, 0.2) is 29.6 Å². The van der Waals surface area contributed by atoms with Crippen molar-refractivity contribution < 1.29 is 4.74 Å². The Kier molecular flexibility index (Phi) is 2.67. The molecule has 2 unspecified atom stereocenters. The molecule has 0 aliphatic carbocycles. The lowest BCUT2D eigenvalue weighted by Gasteiger charge is -2.18. The topological polar surface area (TPSA) is 35.2 Å². The van der Waals surface area contributed by atoms with Crippen LogP contribution in [0.5, 0.6) is 0 Å². The molecule has 1 saturated heterocycles. The van der Waals surface area contributed by atoms with Crippen molar-refractivity contribution >= 4 is 21.4 Å². The summed E-state index contributed by atoms with van der Waals surface area (Å²) in [5, 5.41) is 3.47. The summed E-state index contributed by atoms with van der Waals surface area (Å²) in [6.45, 7) is 0.862. The lowest BCUT2D eigenvalue weighted by molar-refractivity contribution is 0.0905. The minimum absolute atomic E-state index is 0.0265. The van der Waals surface area contributed by atoms with E-state index in [1.54, 1.807) is 11.3 Å². The van der Waals surface area contributed by atoms with Gasteiger partial charge in [0.05, 0.1) is 12.1 Å². The normalized spacial score (nSPS) is 22.7. The standard InChI is InChI=1S/C13H15NOS/c14-13(11-5-3-7-15-11)10-8-16-12-6-2-1-4-9(10)12/h1-2,4,6,8,11,13H,3,5,7,14H2. The van der Waals surface area contributed by atoms with Crippen molar-refractivity contribution in [3.05, 3.63) is 35.2 Å². The van der Waals surface area contributed by atoms with Crippen LogP contribution in [0.3, 0.4) is 0 Å². The summed E-state index contributed by atoms with van der Waals surface area (Å²) in [7, 11) is 0. The Hall–Kier alpha value is -0.900. The monoisotopic (exact) mass is 233 g/mol. The smallest absolute Gasteiger partial charge is 0.0769 e. The molecule has 0 spiro atoms. The van der Waals surface area contributed by atoms with Crippen LogP contribution in [0, 0.1) is 0 Å². The molecule has 0 saturated carbocycles. The van der Waals surface area contributed by atoms with Crippen LogP contribution in [0.4, 0.5) is 0 Å². The molecular weight excluding hydrogens is 218 g/mol. The fraction of sp³-hybridized carbons (Fsp3) is 0.385. The molecule has 3 rings (SSSR count). The van der Waals surface area contributed by atoms with E-state index in [0.717, 1.165) is 19.4 Å². The molecule has 3 heteroatoms. The van der Waals surface area contributed by atoms with E-state index in [2.05, 4.69) is 29.6 Å². The summed E-state index contributed by atoms with van der Waals surface area (Å²) in [4.78, 5) is 0. The van der Waals surface area contributed by atoms with Gasteiger partial charge >= 0.3 is 0 Å². The van der Waals surface area contributed by atoms with Gasteiger partial charge in [0.15, 0.2) is 0 Å². The highest BCUT2D eigenvalue weighted by atomic mass is 32.1. The van der Waals surface area contributed by atoms with Gasteiger partial charge in [0.25, 0.3) is 0 Å². The molecule has 2 heterocycles. The van der Waals surface area contributed by atoms with Crippen molar-refractivity contribution in [2.45, 2.75) is 25.0 Å². The molecule has 84 valence electrons. The average molecular weight is 233 g/mol. The van der Waals surface area contributed by atoms with Crippen molar-refractivity contribution in [2.24, 2.45) is 5.73 Å². The molecule has 0 bridgehead atoms. The maximum Gasteiger partial charge on any atom is 0.0769 e. The summed E-state index contributed by atoms with van der Waals surface area (Å²) < 4.78 is 6.98. The summed E-state index contributed by atoms with van der Waals surface area (Å²) in [6, 6.07) is 8.46. The predicted octanol–water partition coefficient (Wildman–Crippen LogP) is 3.08. The van der Waals surface area contributed by atoms with Gasteiger partial charge in [-0.15, -0.1) is 11.3 Å². The van der Waals surface area contributed by atoms with Crippen LogP contribution < -0.4 is 5.73 Å². The first kappa shape index (κ1) is 10.3. The zero-order chi connectivity index (χ0) is 11.0. The van der Waals surface area contributed by atoms with E-state index in [9.17, 15) is 0 Å². The third kappa shape index (κ3) is 1.65. The zero-order valence-corrected chi connectivity index (χ0v) is 9.87. The van der Waals surface area contributed by atoms with Crippen molar-refractivity contribution in [1.82, 2.24) is 0 Å². The minimum atomic E-state index is 0.0265. The van der Waals surface area contributed by atoms with Crippen LogP contribution in [-0.2, 0) is 4.74 Å². The molecule has 16 heavy (non-hydrogen) atoms. The molecule has 1 aromatic heterocycles. The molecule has 1 aliphatic rings. The Labute approximate surface area is 99.0 Å². The highest BCUT2D eigenvalue weighted by Crippen LogP contribution is 2.33. The van der Waals surface area contributed by atoms with Crippen molar-refractivity contribution in [3.63, 3.8) is 0 Å². The Morgan fingerprint density at radius 2 is 2.25 bits per heavy atom. The molecule has 2 N–H and O–H groups in total. The second-order valence-electron chi connectivity index (χ2n) is 4.26. The van der Waals surface area contributed by atoms with Gasteiger partial charge in [-0.25, -0.2) is 0 Å². The Balaban J connectivity index is 1.98. The highest BCUT2D eigenvalue weighted by Gasteiger charge is 2.25. The second-order valence-corrected chi connectivity index (χ2v) is 5.18. The van der Waals surface area contributed by atoms with Gasteiger partial charge in [-0.2, -0.15) is 0 Å². The number of ether oxygens (including phenoxy) is 1. The molecule has 1 aromatic carbocycles. The largest absolute Gasteiger partial charge is 0.376 e. The number of benzene rings is 1. The first-order chi connectivity index (χ1) is 7.86. The quantitative estimate of drug-likeness (QED) is 0.865. The lowest BCUT2D eigenvalue weighted by atomic mass is 10.00. The van der Waals surface area contributed by atoms with Crippen LogP contribution in [0.2, 0.25) is 0 Å². The van der Waals surface area contributed by atoms with Crippen molar-refractivity contribution in [1.29, 1.82) is 0 Å². The third-order valence-corrected chi connectivity index (χ3v) is 4.22. The summed E-state index contributed by atoms with van der Waals surface area (Å²) in [6.07, 6.45) is 2.43. The maximum absolute atomic E-state index is 6.29. The number of nitrogens with two attached hydrogens (primary N) is 1. The molecule has 2 nitrogen and oxygen atoms in total. The van der Waals surface area contributed by atoms with Crippen LogP contribution >= 0.6 is 11.3 Å². The molecule has 2 atom stereocenters. The first-order valence-electron chi connectivity index (χ1n) is 5.69. The van der Waals surface area contributed by atoms with E-state index < -0.39 is 0 Å². The van der Waals surface area contributed by atoms with E-state index in [1.165, 1.54) is 15.6 Å². The second kappa shape index (κ2) is 4.17. The van der Waals surface area contributed by atoms with E-state index in [1.807, 2.05) is 0 Å². The highest BCUT2D eigenvalue weighted by molar-refractivity contribution is 7.17. The number of hydrogen-bond donors (Lipinski definition) is 1. The molecule has 1 aliphatic heterocycles. The number of thiophene rings is 1. The Bertz CT molecular complexity index is 487. The Morgan fingerprint density at radius 1 is 1.38 bits per heavy atom. The van der Waals surface area contributed by atoms with Gasteiger partial charge in [-0.1, -0.05) is 18.2 Å². The van der Waals surface area contributed by atoms with E-state index in [4.69, 9.17) is 10.5 Å². The molecular formula is C13H15NOS. The molecule has 1 fully saturated rings. The van der Waals surface area contributed by atoms with Gasteiger partial charge in [-0.3, -0.25) is 0 Å². The fourth-order valence-electron chi connectivity index (χ4n) is 2.34. The predicted molar refractivity (Wildman–Crippen MR) is 67.7 cm³/mol. The van der Waals surface area contributed by atoms with Gasteiger partial charge < -0.3 is 10.5 Å². The van der Waals surface area contributed by atoms with Crippen molar-refractivity contribution in [3.8, 4) is 0 Å². The SMILES string of the molecule is NC(c1csc2ccccc12)C1CCCO1. The molecule has 2 aromatic rings. The van der Waals surface area contributed by atoms with Crippen LogP contribution in [-0.4, -0.2) is 12.7 Å². The van der Waals surface area contributed by atoms with Gasteiger partial charge in [-0.05, 0) is 35.2 Å². The fourth-order valence-corrected chi connectivity index (χ4v) is 3.35. The molecule has 0 radical (unpaired) electrons. The average Bonchev–Trinajstić information content (AvgIpc) is 2.98. The minimum Gasteiger partial charge on any atom is -0.376 e. The van der Waals surface area contributed by atoms with E-state index in [0.29, 0.717) is 0 Å². The van der Waals surface area contributed by atoms with E-state index in [-0.39, 0.29) is 12.1 Å². The number of fused-ring (bicyclic) bond motifs is 1. The van der Waals surface area contributed by atoms with E-state index >= 15 is 0 Å². The summed E-state index contributed by atoms with van der Waals surface area (Å²) in [5.74, 6) is 0. The van der Waals surface area contributed by atoms with Crippen molar-refractivity contribution in [2.75, 3.05) is 6.61 Å². The van der Waals surface area contributed by atoms with Gasteiger partial charge in [0.2, 0.25) is 0 Å². The number of rotatable bonds is 2. The summed E-state index contributed by atoms with van der Waals surface area (Å²) >= 11 is 1.77. The van der Waals surface area contributed by atoms with Gasteiger partial charge in [0.1, 0.15) is 0 Å². The third-order valence-electron chi connectivity index (χ3n) is 3.24. The number of hydrogen-bond acceptors (Lipinski definition) is 3. The lowest BCUT2D eigenvalue weighted by Crippen LogP contribution is -2.25. The van der Waals surface area contributed by atoms with Gasteiger partial charge in [0, 0.05) is 11.3 Å². The Morgan fingerprint density at radius 3 is 3.06 bits per heavy atom. The van der Waals surface area contributed by atoms with Crippen LogP contribution in [0.1, 0.15) is 24.4 Å². The summed E-state index contributed by atoms with van der Waals surface area (Å²) in [5.41, 5.74) is 7.54. The zero-order valence-electron chi connectivity index (χ0n) is 9.06. The first-order valence-corrected chi connectivity index (χ1v) is 6.57. The maximum atomic E-state index is 6.29. The molecule has 0 amide bonds. The van der Waals surface area contributed by atoms with Crippen LogP contribution in [0.25, 0.3) is 10.1 Å².